The third kappa shape index (κ3) is 3.20. The first-order valence-electron chi connectivity index (χ1n) is 6.82. The molecule has 0 aliphatic carbocycles. The lowest BCUT2D eigenvalue weighted by Gasteiger charge is -2.37. The third-order valence-electron chi connectivity index (χ3n) is 3.87. The summed E-state index contributed by atoms with van der Waals surface area (Å²) in [5.74, 6) is -1.08. The Balaban J connectivity index is 1.93. The van der Waals surface area contributed by atoms with E-state index in [0.29, 0.717) is 32.7 Å². The molecule has 0 bridgehead atoms. The van der Waals surface area contributed by atoms with Gasteiger partial charge in [0.1, 0.15) is 6.04 Å². The van der Waals surface area contributed by atoms with E-state index in [-0.39, 0.29) is 25.6 Å². The molecule has 2 fully saturated rings. The molecule has 2 rings (SSSR count). The summed E-state index contributed by atoms with van der Waals surface area (Å²) in [6.45, 7) is 3.11. The van der Waals surface area contributed by atoms with E-state index < -0.39 is 18.1 Å². The number of aliphatic carboxylic acids is 1. The number of carbonyl (C=O) groups is 2. The highest BCUT2D eigenvalue weighted by Gasteiger charge is 2.41. The number of hydrogen-bond acceptors (Lipinski definition) is 5. The number of β-amino-alcohol motifs (C(OH)–C–C–N with tert-alkyl or cyclic N) is 2. The predicted octanol–water partition coefficient (Wildman–Crippen LogP) is -1.76. The smallest absolute Gasteiger partial charge is 0.326 e. The van der Waals surface area contributed by atoms with Gasteiger partial charge in [-0.05, 0) is 0 Å². The molecule has 0 aromatic carbocycles. The van der Waals surface area contributed by atoms with Gasteiger partial charge in [-0.3, -0.25) is 4.90 Å². The van der Waals surface area contributed by atoms with Gasteiger partial charge in [-0.2, -0.15) is 0 Å². The quantitative estimate of drug-likeness (QED) is 0.568. The number of piperazine rings is 1. The van der Waals surface area contributed by atoms with E-state index in [4.69, 9.17) is 10.2 Å². The standard InChI is InChI=1S/C12H21N3O5/c16-6-5-13-1-3-14(4-2-13)12(20)15-8-9(17)7-10(15)11(18)19/h9-10,16-17H,1-8H2,(H,18,19)/t9?,10-/m0/s1. The van der Waals surface area contributed by atoms with Crippen molar-refractivity contribution in [2.45, 2.75) is 18.6 Å². The highest BCUT2D eigenvalue weighted by atomic mass is 16.4. The van der Waals surface area contributed by atoms with Gasteiger partial charge in [0, 0.05) is 45.7 Å². The van der Waals surface area contributed by atoms with Crippen molar-refractivity contribution in [1.29, 1.82) is 0 Å². The number of aliphatic hydroxyl groups is 2. The van der Waals surface area contributed by atoms with E-state index in [0.717, 1.165) is 0 Å². The number of aliphatic hydroxyl groups excluding tert-OH is 2. The van der Waals surface area contributed by atoms with Crippen molar-refractivity contribution >= 4 is 12.0 Å². The lowest BCUT2D eigenvalue weighted by atomic mass is 10.2. The van der Waals surface area contributed by atoms with Crippen molar-refractivity contribution in [2.75, 3.05) is 45.9 Å². The zero-order valence-corrected chi connectivity index (χ0v) is 11.3. The van der Waals surface area contributed by atoms with E-state index in [1.54, 1.807) is 4.90 Å². The van der Waals surface area contributed by atoms with Gasteiger partial charge >= 0.3 is 12.0 Å². The maximum Gasteiger partial charge on any atom is 0.326 e. The number of amides is 2. The van der Waals surface area contributed by atoms with E-state index in [9.17, 15) is 14.7 Å². The molecule has 0 radical (unpaired) electrons. The normalized spacial score (nSPS) is 27.9. The van der Waals surface area contributed by atoms with Crippen molar-refractivity contribution in [3.63, 3.8) is 0 Å². The minimum Gasteiger partial charge on any atom is -0.480 e. The second-order valence-electron chi connectivity index (χ2n) is 5.23. The van der Waals surface area contributed by atoms with Crippen LogP contribution in [0.4, 0.5) is 4.79 Å². The monoisotopic (exact) mass is 287 g/mol. The van der Waals surface area contributed by atoms with Gasteiger partial charge in [-0.1, -0.05) is 0 Å². The molecule has 2 heterocycles. The van der Waals surface area contributed by atoms with Crippen LogP contribution in [0.15, 0.2) is 0 Å². The fourth-order valence-electron chi connectivity index (χ4n) is 2.75. The Labute approximate surface area is 117 Å². The van der Waals surface area contributed by atoms with Crippen LogP contribution in [-0.4, -0.2) is 100 Å². The molecule has 8 nitrogen and oxygen atoms in total. The van der Waals surface area contributed by atoms with Crippen molar-refractivity contribution in [1.82, 2.24) is 14.7 Å². The Bertz CT molecular complexity index is 370. The molecule has 3 N–H and O–H groups in total. The van der Waals surface area contributed by atoms with Gasteiger partial charge in [0.05, 0.1) is 12.7 Å². The Morgan fingerprint density at radius 1 is 1.15 bits per heavy atom. The maximum absolute atomic E-state index is 12.3. The van der Waals surface area contributed by atoms with Crippen molar-refractivity contribution < 1.29 is 24.9 Å². The molecule has 0 spiro atoms. The van der Waals surface area contributed by atoms with Crippen LogP contribution in [0.25, 0.3) is 0 Å². The first-order chi connectivity index (χ1) is 9.52. The SMILES string of the molecule is O=C(O)[C@@H]1CC(O)CN1C(=O)N1CCN(CCO)CC1. The van der Waals surface area contributed by atoms with Crippen molar-refractivity contribution in [3.05, 3.63) is 0 Å². The molecule has 2 atom stereocenters. The average molecular weight is 287 g/mol. The molecule has 8 heteroatoms. The van der Waals surface area contributed by atoms with Gasteiger partial charge in [0.25, 0.3) is 0 Å². The highest BCUT2D eigenvalue weighted by molar-refractivity contribution is 5.83. The molecule has 2 amide bonds. The molecular weight excluding hydrogens is 266 g/mol. The fraction of sp³-hybridized carbons (Fsp3) is 0.833. The Kier molecular flexibility index (Phi) is 4.79. The maximum atomic E-state index is 12.3. The third-order valence-corrected chi connectivity index (χ3v) is 3.87. The van der Waals surface area contributed by atoms with E-state index in [2.05, 4.69) is 4.90 Å². The molecule has 0 aromatic heterocycles. The van der Waals surface area contributed by atoms with Crippen LogP contribution in [0.5, 0.6) is 0 Å². The lowest BCUT2D eigenvalue weighted by molar-refractivity contribution is -0.141. The van der Waals surface area contributed by atoms with Gasteiger partial charge < -0.3 is 25.1 Å². The van der Waals surface area contributed by atoms with Crippen LogP contribution in [0.1, 0.15) is 6.42 Å². The van der Waals surface area contributed by atoms with Crippen LogP contribution in [0.2, 0.25) is 0 Å². The van der Waals surface area contributed by atoms with Crippen molar-refractivity contribution in [3.8, 4) is 0 Å². The minimum atomic E-state index is -1.08. The van der Waals surface area contributed by atoms with Crippen LogP contribution in [-0.2, 0) is 4.79 Å². The number of urea groups is 1. The molecule has 2 aliphatic heterocycles. The average Bonchev–Trinajstić information content (AvgIpc) is 2.81. The summed E-state index contributed by atoms with van der Waals surface area (Å²) in [5, 5.41) is 27.5. The fourth-order valence-corrected chi connectivity index (χ4v) is 2.75. The molecule has 2 aliphatic rings. The number of carboxylic acids is 1. The summed E-state index contributed by atoms with van der Waals surface area (Å²) < 4.78 is 0. The predicted molar refractivity (Wildman–Crippen MR) is 69.2 cm³/mol. The zero-order chi connectivity index (χ0) is 14.7. The van der Waals surface area contributed by atoms with Crippen LogP contribution >= 0.6 is 0 Å². The van der Waals surface area contributed by atoms with E-state index in [1.165, 1.54) is 4.90 Å². The summed E-state index contributed by atoms with van der Waals surface area (Å²) in [7, 11) is 0. The Hall–Kier alpha value is -1.38. The second kappa shape index (κ2) is 6.38. The van der Waals surface area contributed by atoms with Gasteiger partial charge in [-0.25, -0.2) is 9.59 Å². The number of carboxylic acid groups (broad SMARTS) is 1. The highest BCUT2D eigenvalue weighted by Crippen LogP contribution is 2.20. The largest absolute Gasteiger partial charge is 0.480 e. The number of nitrogens with zero attached hydrogens (tertiary/aromatic N) is 3. The Morgan fingerprint density at radius 3 is 2.35 bits per heavy atom. The van der Waals surface area contributed by atoms with E-state index in [1.807, 2.05) is 0 Å². The zero-order valence-electron chi connectivity index (χ0n) is 11.3. The molecule has 114 valence electrons. The molecule has 1 unspecified atom stereocenters. The molecule has 0 aromatic rings. The summed E-state index contributed by atoms with van der Waals surface area (Å²) in [6, 6.07) is -1.26. The van der Waals surface area contributed by atoms with Crippen LogP contribution in [0, 0.1) is 0 Å². The van der Waals surface area contributed by atoms with Gasteiger partial charge in [-0.15, -0.1) is 0 Å². The molecule has 20 heavy (non-hydrogen) atoms. The summed E-state index contributed by atoms with van der Waals surface area (Å²) >= 11 is 0. The number of rotatable bonds is 3. The van der Waals surface area contributed by atoms with Crippen LogP contribution < -0.4 is 0 Å². The topological polar surface area (TPSA) is 105 Å². The second-order valence-corrected chi connectivity index (χ2v) is 5.23. The minimum absolute atomic E-state index is 0.0760. The summed E-state index contributed by atoms with van der Waals surface area (Å²) in [6.07, 6.45) is -0.679. The Morgan fingerprint density at radius 2 is 1.80 bits per heavy atom. The lowest BCUT2D eigenvalue weighted by Crippen LogP contribution is -2.55. The number of carbonyl (C=O) groups excluding carboxylic acids is 1. The first-order valence-corrected chi connectivity index (χ1v) is 6.82. The molecule has 2 saturated heterocycles. The molecular formula is C12H21N3O5. The number of likely N-dealkylation sites (tertiary alicyclic amines) is 1. The van der Waals surface area contributed by atoms with Gasteiger partial charge in [0.15, 0.2) is 0 Å². The summed E-state index contributed by atoms with van der Waals surface area (Å²) in [5.41, 5.74) is 0. The molecule has 0 saturated carbocycles. The van der Waals surface area contributed by atoms with Crippen LogP contribution in [0.3, 0.4) is 0 Å². The van der Waals surface area contributed by atoms with E-state index >= 15 is 0 Å². The van der Waals surface area contributed by atoms with Crippen molar-refractivity contribution in [2.24, 2.45) is 0 Å². The van der Waals surface area contributed by atoms with Gasteiger partial charge in [0.2, 0.25) is 0 Å². The first kappa shape index (κ1) is 15.0. The number of hydrogen-bond donors (Lipinski definition) is 3. The summed E-state index contributed by atoms with van der Waals surface area (Å²) in [4.78, 5) is 28.4.